The molecule has 4 aliphatic rings. The van der Waals surface area contributed by atoms with Crippen molar-refractivity contribution in [3.63, 3.8) is 0 Å². The number of rotatable bonds is 15. The molecule has 2 aliphatic heterocycles. The zero-order valence-corrected chi connectivity index (χ0v) is 25.5. The van der Waals surface area contributed by atoms with Crippen LogP contribution in [0.3, 0.4) is 0 Å². The highest BCUT2D eigenvalue weighted by molar-refractivity contribution is 5.85. The maximum Gasteiger partial charge on any atom is 0.305 e. The summed E-state index contributed by atoms with van der Waals surface area (Å²) in [4.78, 5) is 24.7. The molecule has 0 aromatic rings. The lowest BCUT2D eigenvalue weighted by Gasteiger charge is -2.31. The minimum atomic E-state index is -0.225. The summed E-state index contributed by atoms with van der Waals surface area (Å²) >= 11 is 0. The molecule has 0 aromatic heterocycles. The third-order valence-corrected chi connectivity index (χ3v) is 9.42. The molecule has 0 spiro atoms. The molecule has 2 heterocycles. The number of esters is 1. The molecule has 0 radical (unpaired) electrons. The Morgan fingerprint density at radius 1 is 1.02 bits per heavy atom. The summed E-state index contributed by atoms with van der Waals surface area (Å²) in [5, 5.41) is 0. The van der Waals surface area contributed by atoms with Crippen molar-refractivity contribution in [2.75, 3.05) is 20.3 Å². The smallest absolute Gasteiger partial charge is 0.305 e. The maximum atomic E-state index is 13.3. The molecule has 7 heteroatoms. The third-order valence-electron chi connectivity index (χ3n) is 9.42. The molecule has 41 heavy (non-hydrogen) atoms. The number of allylic oxidation sites excluding steroid dienone is 2. The highest BCUT2D eigenvalue weighted by atomic mass is 16.7. The second-order valence-electron chi connectivity index (χ2n) is 12.5. The molecule has 0 amide bonds. The average molecular weight is 575 g/mol. The van der Waals surface area contributed by atoms with Gasteiger partial charge in [0.2, 0.25) is 0 Å². The Morgan fingerprint density at radius 2 is 1.80 bits per heavy atom. The van der Waals surface area contributed by atoms with Crippen LogP contribution in [0.2, 0.25) is 0 Å². The topological polar surface area (TPSA) is 80.3 Å². The molecule has 0 aromatic carbocycles. The average Bonchev–Trinajstić information content (AvgIpc) is 3.57. The van der Waals surface area contributed by atoms with Crippen LogP contribution in [0.25, 0.3) is 0 Å². The first kappa shape index (κ1) is 32.4. The number of ether oxygens (including phenoxy) is 5. The van der Waals surface area contributed by atoms with Crippen molar-refractivity contribution in [3.05, 3.63) is 24.3 Å². The first-order valence-corrected chi connectivity index (χ1v) is 16.5. The molecular weight excluding hydrogens is 520 g/mol. The Kier molecular flexibility index (Phi) is 13.9. The van der Waals surface area contributed by atoms with Crippen LogP contribution in [-0.4, -0.2) is 56.9 Å². The maximum absolute atomic E-state index is 13.3. The summed E-state index contributed by atoms with van der Waals surface area (Å²) in [7, 11) is 1.42. The fourth-order valence-electron chi connectivity index (χ4n) is 7.11. The van der Waals surface area contributed by atoms with Gasteiger partial charge in [0.05, 0.1) is 19.3 Å². The van der Waals surface area contributed by atoms with Crippen LogP contribution >= 0.6 is 0 Å². The lowest BCUT2D eigenvalue weighted by Crippen LogP contribution is -2.32. The number of hydrogen-bond acceptors (Lipinski definition) is 7. The molecule has 4 fully saturated rings. The summed E-state index contributed by atoms with van der Waals surface area (Å²) in [5.74, 6) is 1.20. The van der Waals surface area contributed by atoms with Gasteiger partial charge in [-0.2, -0.15) is 0 Å². The summed E-state index contributed by atoms with van der Waals surface area (Å²) in [6.45, 7) is 3.77. The Morgan fingerprint density at radius 3 is 2.51 bits per heavy atom. The van der Waals surface area contributed by atoms with Gasteiger partial charge in [-0.25, -0.2) is 0 Å². The Bertz CT molecular complexity index is 842. The minimum Gasteiger partial charge on any atom is -0.469 e. The van der Waals surface area contributed by atoms with E-state index in [1.807, 2.05) is 0 Å². The summed E-state index contributed by atoms with van der Waals surface area (Å²) in [6, 6.07) is 0. The van der Waals surface area contributed by atoms with Crippen molar-refractivity contribution < 1.29 is 33.3 Å². The minimum absolute atomic E-state index is 0.00301. The van der Waals surface area contributed by atoms with Crippen LogP contribution in [-0.2, 0) is 33.3 Å². The lowest BCUT2D eigenvalue weighted by molar-refractivity contribution is -0.193. The van der Waals surface area contributed by atoms with Gasteiger partial charge in [0, 0.05) is 37.9 Å². The van der Waals surface area contributed by atoms with E-state index in [1.165, 1.54) is 39.2 Å². The summed E-state index contributed by atoms with van der Waals surface area (Å²) in [6.07, 6.45) is 23.6. The number of ketones is 1. The third kappa shape index (κ3) is 10.3. The number of carbonyl (C=O) groups excluding carboxylic acids is 2. The number of carbonyl (C=O) groups is 2. The van der Waals surface area contributed by atoms with E-state index in [0.29, 0.717) is 25.2 Å². The molecule has 4 rings (SSSR count). The van der Waals surface area contributed by atoms with Gasteiger partial charge in [-0.1, -0.05) is 50.5 Å². The molecule has 0 bridgehead atoms. The van der Waals surface area contributed by atoms with Gasteiger partial charge in [0.25, 0.3) is 0 Å². The molecule has 2 saturated carbocycles. The number of unbranched alkanes of at least 4 members (excludes halogenated alkanes) is 1. The molecule has 4 unspecified atom stereocenters. The lowest BCUT2D eigenvalue weighted by atomic mass is 9.88. The van der Waals surface area contributed by atoms with Crippen molar-refractivity contribution in [3.8, 4) is 0 Å². The van der Waals surface area contributed by atoms with Crippen molar-refractivity contribution in [2.24, 2.45) is 23.7 Å². The first-order chi connectivity index (χ1) is 20.1. The fraction of sp³-hybridized carbons (Fsp3) is 0.824. The van der Waals surface area contributed by atoms with Gasteiger partial charge in [-0.05, 0) is 82.5 Å². The first-order valence-electron chi connectivity index (χ1n) is 16.5. The van der Waals surface area contributed by atoms with Gasteiger partial charge in [0.1, 0.15) is 5.78 Å². The number of Topliss-reactive ketones (excluding diaryl/α,β-unsaturated/α-hetero) is 1. The fourth-order valence-corrected chi connectivity index (χ4v) is 7.11. The largest absolute Gasteiger partial charge is 0.469 e. The molecule has 2 aliphatic carbocycles. The van der Waals surface area contributed by atoms with E-state index >= 15 is 0 Å². The molecule has 7 nitrogen and oxygen atoms in total. The zero-order valence-electron chi connectivity index (χ0n) is 25.5. The van der Waals surface area contributed by atoms with Crippen LogP contribution in [0.15, 0.2) is 24.3 Å². The van der Waals surface area contributed by atoms with E-state index in [4.69, 9.17) is 23.7 Å². The van der Waals surface area contributed by atoms with Crippen molar-refractivity contribution >= 4 is 11.8 Å². The molecule has 8 atom stereocenters. The van der Waals surface area contributed by atoms with Crippen LogP contribution in [0.5, 0.6) is 0 Å². The predicted molar refractivity (Wildman–Crippen MR) is 158 cm³/mol. The van der Waals surface area contributed by atoms with Gasteiger partial charge < -0.3 is 23.7 Å². The summed E-state index contributed by atoms with van der Waals surface area (Å²) < 4.78 is 29.7. The normalized spacial score (nSPS) is 33.6. The Balaban J connectivity index is 1.45. The monoisotopic (exact) mass is 574 g/mol. The van der Waals surface area contributed by atoms with Crippen molar-refractivity contribution in [2.45, 2.75) is 134 Å². The molecule has 0 N–H and O–H groups in total. The molecule has 232 valence electrons. The number of methoxy groups -OCH3 is 1. The Labute approximate surface area is 247 Å². The van der Waals surface area contributed by atoms with E-state index in [2.05, 4.69) is 31.2 Å². The molecular formula is C34H54O7. The van der Waals surface area contributed by atoms with Crippen molar-refractivity contribution in [1.29, 1.82) is 0 Å². The van der Waals surface area contributed by atoms with E-state index in [0.717, 1.165) is 70.5 Å². The van der Waals surface area contributed by atoms with Crippen LogP contribution < -0.4 is 0 Å². The highest BCUT2D eigenvalue weighted by Crippen LogP contribution is 2.40. The van der Waals surface area contributed by atoms with Gasteiger partial charge >= 0.3 is 5.97 Å². The van der Waals surface area contributed by atoms with Crippen LogP contribution in [0.4, 0.5) is 0 Å². The van der Waals surface area contributed by atoms with Crippen LogP contribution in [0, 0.1) is 23.7 Å². The SMILES string of the molecule is CCCC1CCC([C@@H](/C=C/[C@H]2[C@H](OC3CCCCO3)CC(=O)[C@@H]2C/C=C\CCCC(=O)OC)OC2CCCCO2)C1. The molecule has 2 saturated heterocycles. The van der Waals surface area contributed by atoms with Gasteiger partial charge in [-0.3, -0.25) is 9.59 Å². The van der Waals surface area contributed by atoms with E-state index in [9.17, 15) is 9.59 Å². The zero-order chi connectivity index (χ0) is 28.9. The Hall–Kier alpha value is -1.54. The second kappa shape index (κ2) is 17.5. The van der Waals surface area contributed by atoms with Crippen molar-refractivity contribution in [1.82, 2.24) is 0 Å². The highest BCUT2D eigenvalue weighted by Gasteiger charge is 2.43. The second-order valence-corrected chi connectivity index (χ2v) is 12.5. The van der Waals surface area contributed by atoms with Gasteiger partial charge in [0.15, 0.2) is 12.6 Å². The van der Waals surface area contributed by atoms with Crippen LogP contribution in [0.1, 0.15) is 110 Å². The standard InChI is InChI=1S/C34H54O7/c1-3-12-25-17-18-26(23-25)30(40-33-15-8-10-21-38-33)20-19-28-27(13-6-4-5-7-14-32(36)37-2)29(35)24-31(28)41-34-16-9-11-22-39-34/h4,6,19-20,25-28,30-31,33-34H,3,5,7-18,21-24H2,1-2H3/b6-4-,20-19+/t25?,26?,27-,28-,30-,31-,33?,34?/m1/s1. The van der Waals surface area contributed by atoms with E-state index in [-0.39, 0.29) is 48.4 Å². The predicted octanol–water partition coefficient (Wildman–Crippen LogP) is 7.08. The summed E-state index contributed by atoms with van der Waals surface area (Å²) in [5.41, 5.74) is 0. The number of hydrogen-bond donors (Lipinski definition) is 0. The van der Waals surface area contributed by atoms with E-state index in [1.54, 1.807) is 0 Å². The van der Waals surface area contributed by atoms with Gasteiger partial charge in [-0.15, -0.1) is 0 Å². The van der Waals surface area contributed by atoms with E-state index < -0.39 is 0 Å². The quantitative estimate of drug-likeness (QED) is 0.117.